The molecule has 4 rings (SSSR count). The molecule has 0 radical (unpaired) electrons. The summed E-state index contributed by atoms with van der Waals surface area (Å²) >= 11 is 0. The van der Waals surface area contributed by atoms with Crippen LogP contribution in [0.3, 0.4) is 0 Å². The molecule has 39 heavy (non-hydrogen) atoms. The number of hydrogen-bond donors (Lipinski definition) is 0. The Labute approximate surface area is 231 Å². The van der Waals surface area contributed by atoms with Crippen LogP contribution in [0.1, 0.15) is 37.7 Å². The molecular weight excluding hydrogens is 518 g/mol. The molecule has 2 aliphatic heterocycles. The molecule has 9 nitrogen and oxygen atoms in total. The number of hydrogen-bond acceptors (Lipinski definition) is 7. The van der Waals surface area contributed by atoms with Crippen molar-refractivity contribution in [2.24, 2.45) is 5.92 Å². The summed E-state index contributed by atoms with van der Waals surface area (Å²) in [6.45, 7) is 3.19. The highest BCUT2D eigenvalue weighted by Crippen LogP contribution is 2.34. The number of carbonyl (C=O) groups is 2. The normalized spacial score (nSPS) is 17.2. The van der Waals surface area contributed by atoms with Crippen molar-refractivity contribution in [1.82, 2.24) is 9.21 Å². The van der Waals surface area contributed by atoms with Gasteiger partial charge in [0.15, 0.2) is 0 Å². The fraction of sp³-hybridized carbons (Fsp3) is 0.517. The second-order valence-electron chi connectivity index (χ2n) is 10.2. The summed E-state index contributed by atoms with van der Waals surface area (Å²) < 4.78 is 39.0. The van der Waals surface area contributed by atoms with E-state index in [0.29, 0.717) is 63.8 Å². The Morgan fingerprint density at radius 1 is 0.897 bits per heavy atom. The molecule has 0 saturated carbocycles. The lowest BCUT2D eigenvalue weighted by molar-refractivity contribution is -0.140. The molecule has 2 heterocycles. The van der Waals surface area contributed by atoms with Crippen molar-refractivity contribution in [1.29, 1.82) is 0 Å². The van der Waals surface area contributed by atoms with Crippen LogP contribution in [0.2, 0.25) is 0 Å². The van der Waals surface area contributed by atoms with Crippen molar-refractivity contribution >= 4 is 27.6 Å². The second kappa shape index (κ2) is 13.3. The highest BCUT2D eigenvalue weighted by Gasteiger charge is 2.31. The molecule has 0 atom stereocenters. The number of piperazine rings is 1. The SMILES string of the molecule is COC(=O)CCCC(=O)N1CCN(c2cc(S(=O)(=O)N3CCC(Cc4ccccc4)CC3)ccc2OC)CC1. The molecule has 0 bridgehead atoms. The topological polar surface area (TPSA) is 96.5 Å². The first-order valence-electron chi connectivity index (χ1n) is 13.6. The van der Waals surface area contributed by atoms with Crippen molar-refractivity contribution in [3.63, 3.8) is 0 Å². The molecule has 212 valence electrons. The smallest absolute Gasteiger partial charge is 0.305 e. The van der Waals surface area contributed by atoms with Gasteiger partial charge in [-0.2, -0.15) is 4.31 Å². The Morgan fingerprint density at radius 2 is 1.59 bits per heavy atom. The van der Waals surface area contributed by atoms with Gasteiger partial charge in [0.2, 0.25) is 15.9 Å². The molecular formula is C29H39N3O6S. The summed E-state index contributed by atoms with van der Waals surface area (Å²) in [5.41, 5.74) is 2.01. The summed E-state index contributed by atoms with van der Waals surface area (Å²) in [6, 6.07) is 15.4. The number of nitrogens with zero attached hydrogens (tertiary/aromatic N) is 3. The Kier molecular flexibility index (Phi) is 9.85. The number of rotatable bonds is 10. The van der Waals surface area contributed by atoms with Gasteiger partial charge in [0, 0.05) is 52.1 Å². The molecule has 0 aromatic heterocycles. The molecule has 2 aromatic carbocycles. The van der Waals surface area contributed by atoms with Crippen molar-refractivity contribution in [3.05, 3.63) is 54.1 Å². The predicted molar refractivity (Wildman–Crippen MR) is 149 cm³/mol. The highest BCUT2D eigenvalue weighted by atomic mass is 32.2. The quantitative estimate of drug-likeness (QED) is 0.414. The molecule has 1 amide bonds. The fourth-order valence-corrected chi connectivity index (χ4v) is 6.86. The molecule has 2 fully saturated rings. The maximum atomic E-state index is 13.6. The molecule has 0 unspecified atom stereocenters. The van der Waals surface area contributed by atoms with E-state index in [0.717, 1.165) is 24.9 Å². The summed E-state index contributed by atoms with van der Waals surface area (Å²) in [7, 11) is -0.724. The van der Waals surface area contributed by atoms with Crippen LogP contribution < -0.4 is 9.64 Å². The standard InChI is InChI=1S/C29H39N3O6S/c1-37-27-12-11-25(39(35,36)32-15-13-24(14-16-32)21-23-7-4-3-5-8-23)22-26(27)30-17-19-31(20-18-30)28(33)9-6-10-29(34)38-2/h3-5,7-8,11-12,22,24H,6,9-10,13-21H2,1-2H3. The number of ether oxygens (including phenoxy) is 2. The van der Waals surface area contributed by atoms with Gasteiger partial charge in [-0.05, 0) is 55.4 Å². The Hall–Kier alpha value is -3.11. The molecule has 0 spiro atoms. The average molecular weight is 558 g/mol. The largest absolute Gasteiger partial charge is 0.495 e. The lowest BCUT2D eigenvalue weighted by Crippen LogP contribution is -2.49. The number of benzene rings is 2. The number of anilines is 1. The van der Waals surface area contributed by atoms with Crippen LogP contribution in [0, 0.1) is 5.92 Å². The van der Waals surface area contributed by atoms with Gasteiger partial charge < -0.3 is 19.3 Å². The number of carbonyl (C=O) groups excluding carboxylic acids is 2. The van der Waals surface area contributed by atoms with Crippen LogP contribution in [0.25, 0.3) is 0 Å². The summed E-state index contributed by atoms with van der Waals surface area (Å²) in [5, 5.41) is 0. The van der Waals surface area contributed by atoms with Gasteiger partial charge in [-0.25, -0.2) is 8.42 Å². The monoisotopic (exact) mass is 557 g/mol. The van der Waals surface area contributed by atoms with E-state index in [1.165, 1.54) is 12.7 Å². The summed E-state index contributed by atoms with van der Waals surface area (Å²) in [6.07, 6.45) is 3.64. The summed E-state index contributed by atoms with van der Waals surface area (Å²) in [4.78, 5) is 28.0. The van der Waals surface area contributed by atoms with Crippen LogP contribution in [0.5, 0.6) is 5.75 Å². The Morgan fingerprint density at radius 3 is 2.23 bits per heavy atom. The van der Waals surface area contributed by atoms with E-state index in [1.807, 2.05) is 18.2 Å². The van der Waals surface area contributed by atoms with Crippen LogP contribution in [-0.4, -0.2) is 83.0 Å². The van der Waals surface area contributed by atoms with E-state index in [2.05, 4.69) is 21.8 Å². The Balaban J connectivity index is 1.36. The number of piperidine rings is 1. The van der Waals surface area contributed by atoms with Gasteiger partial charge >= 0.3 is 5.97 Å². The third-order valence-corrected chi connectivity index (χ3v) is 9.60. The van der Waals surface area contributed by atoms with Gasteiger partial charge in [0.25, 0.3) is 0 Å². The molecule has 0 N–H and O–H groups in total. The lowest BCUT2D eigenvalue weighted by Gasteiger charge is -2.37. The predicted octanol–water partition coefficient (Wildman–Crippen LogP) is 3.33. The zero-order valence-corrected chi connectivity index (χ0v) is 23.7. The lowest BCUT2D eigenvalue weighted by atomic mass is 9.91. The fourth-order valence-electron chi connectivity index (χ4n) is 5.37. The maximum absolute atomic E-state index is 13.6. The molecule has 2 aromatic rings. The van der Waals surface area contributed by atoms with Crippen molar-refractivity contribution in [2.75, 3.05) is 58.4 Å². The van der Waals surface area contributed by atoms with Crippen LogP contribution in [0.4, 0.5) is 5.69 Å². The first-order valence-corrected chi connectivity index (χ1v) is 15.1. The minimum atomic E-state index is -3.64. The van der Waals surface area contributed by atoms with Gasteiger partial charge in [-0.15, -0.1) is 0 Å². The van der Waals surface area contributed by atoms with Gasteiger partial charge in [0.1, 0.15) is 5.75 Å². The van der Waals surface area contributed by atoms with E-state index < -0.39 is 10.0 Å². The zero-order chi connectivity index (χ0) is 27.8. The van der Waals surface area contributed by atoms with Gasteiger partial charge in [0.05, 0.1) is 24.8 Å². The van der Waals surface area contributed by atoms with Gasteiger partial charge in [-0.1, -0.05) is 30.3 Å². The van der Waals surface area contributed by atoms with Crippen LogP contribution in [0.15, 0.2) is 53.4 Å². The molecule has 10 heteroatoms. The zero-order valence-electron chi connectivity index (χ0n) is 22.9. The maximum Gasteiger partial charge on any atom is 0.305 e. The molecule has 2 saturated heterocycles. The van der Waals surface area contributed by atoms with E-state index in [1.54, 1.807) is 34.5 Å². The van der Waals surface area contributed by atoms with Crippen molar-refractivity contribution in [2.45, 2.75) is 43.4 Å². The third-order valence-electron chi connectivity index (χ3n) is 7.70. The van der Waals surface area contributed by atoms with E-state index in [9.17, 15) is 18.0 Å². The van der Waals surface area contributed by atoms with Crippen molar-refractivity contribution in [3.8, 4) is 5.75 Å². The summed E-state index contributed by atoms with van der Waals surface area (Å²) in [5.74, 6) is 0.779. The minimum Gasteiger partial charge on any atom is -0.495 e. The average Bonchev–Trinajstić information content (AvgIpc) is 2.97. The number of sulfonamides is 1. The van der Waals surface area contributed by atoms with E-state index >= 15 is 0 Å². The highest BCUT2D eigenvalue weighted by molar-refractivity contribution is 7.89. The van der Waals surface area contributed by atoms with Crippen LogP contribution >= 0.6 is 0 Å². The van der Waals surface area contributed by atoms with Crippen LogP contribution in [-0.2, 0) is 30.8 Å². The first-order chi connectivity index (χ1) is 18.8. The number of methoxy groups -OCH3 is 2. The first kappa shape index (κ1) is 28.9. The second-order valence-corrected chi connectivity index (χ2v) is 12.1. The number of amides is 1. The molecule has 2 aliphatic rings. The number of esters is 1. The Bertz CT molecular complexity index is 1220. The minimum absolute atomic E-state index is 0.0116. The molecule has 0 aliphatic carbocycles. The van der Waals surface area contributed by atoms with Crippen molar-refractivity contribution < 1.29 is 27.5 Å². The van der Waals surface area contributed by atoms with E-state index in [-0.39, 0.29) is 23.2 Å². The van der Waals surface area contributed by atoms with Gasteiger partial charge in [-0.3, -0.25) is 9.59 Å². The van der Waals surface area contributed by atoms with E-state index in [4.69, 9.17) is 4.74 Å². The third kappa shape index (κ3) is 7.30.